The van der Waals surface area contributed by atoms with E-state index in [1.54, 1.807) is 12.1 Å². The second-order valence-electron chi connectivity index (χ2n) is 22.9. The van der Waals surface area contributed by atoms with Crippen LogP contribution in [0.3, 0.4) is 0 Å². The highest BCUT2D eigenvalue weighted by atomic mass is 16.3. The Kier molecular flexibility index (Phi) is 9.87. The number of hydrogen-bond acceptors (Lipinski definition) is 3. The van der Waals surface area contributed by atoms with Gasteiger partial charge in [0, 0.05) is 65.2 Å². The van der Waals surface area contributed by atoms with Gasteiger partial charge in [0.1, 0.15) is 28.4 Å². The Labute approximate surface area is 501 Å². The van der Waals surface area contributed by atoms with Gasteiger partial charge in [0.15, 0.2) is 0 Å². The third-order valence-corrected chi connectivity index (χ3v) is 18.4. The standard InChI is InChI=1S/C80H44N6O2/c1-82-64-35-28-51(46-81)77(85-69-38-31-49(44-62(69)75-71(85)40-33-58-56-22-10-14-26-73(56)87-79(58)75)47-29-36-67-60(42-47)54-20-8-12-24-65(54)83(67)52-16-4-2-5-17-52)78(64)86-70-39-32-50(45-63(70)76-72(86)41-34-59-57-23-11-15-27-74(57)88-80(59)76)48-30-37-68-61(43-48)55-21-9-13-25-66(55)84(68)53-18-6-3-7-19-53/h2-45H. The number of fused-ring (bicyclic) bond motifs is 20. The molecule has 0 aliphatic rings. The molecular weight excluding hydrogens is 1080 g/mol. The van der Waals surface area contributed by atoms with E-state index < -0.39 is 0 Å². The molecule has 0 aliphatic carbocycles. The molecule has 0 saturated carbocycles. The lowest BCUT2D eigenvalue weighted by molar-refractivity contribution is 0.672. The third kappa shape index (κ3) is 6.60. The van der Waals surface area contributed by atoms with Crippen LogP contribution in [-0.4, -0.2) is 18.3 Å². The van der Waals surface area contributed by atoms with Crippen molar-refractivity contribution in [2.24, 2.45) is 0 Å². The van der Waals surface area contributed by atoms with Crippen LogP contribution in [0, 0.1) is 17.9 Å². The van der Waals surface area contributed by atoms with Gasteiger partial charge >= 0.3 is 0 Å². The van der Waals surface area contributed by atoms with Gasteiger partial charge in [-0.25, -0.2) is 4.85 Å². The van der Waals surface area contributed by atoms with Gasteiger partial charge in [0.2, 0.25) is 5.69 Å². The van der Waals surface area contributed by atoms with Crippen LogP contribution in [0.15, 0.2) is 276 Å². The van der Waals surface area contributed by atoms with Crippen molar-refractivity contribution in [3.05, 3.63) is 284 Å². The van der Waals surface area contributed by atoms with Crippen molar-refractivity contribution in [2.75, 3.05) is 0 Å². The molecule has 0 saturated heterocycles. The lowest BCUT2D eigenvalue weighted by Gasteiger charge is -2.20. The quantitative estimate of drug-likeness (QED) is 0.156. The molecule has 0 aliphatic heterocycles. The molecule has 0 atom stereocenters. The predicted molar refractivity (Wildman–Crippen MR) is 360 cm³/mol. The van der Waals surface area contributed by atoms with E-state index in [-0.39, 0.29) is 0 Å². The summed E-state index contributed by atoms with van der Waals surface area (Å²) in [5.74, 6) is 0. The van der Waals surface area contributed by atoms with Crippen LogP contribution in [-0.2, 0) is 0 Å². The number of aromatic nitrogens is 4. The maximum atomic E-state index is 11.6. The van der Waals surface area contributed by atoms with E-state index in [4.69, 9.17) is 15.4 Å². The van der Waals surface area contributed by atoms with Crippen LogP contribution in [0.4, 0.5) is 5.69 Å². The van der Waals surface area contributed by atoms with Crippen molar-refractivity contribution < 1.29 is 8.83 Å². The van der Waals surface area contributed by atoms with Crippen LogP contribution in [0.5, 0.6) is 0 Å². The summed E-state index contributed by atoms with van der Waals surface area (Å²) in [5.41, 5.74) is 19.4. The smallest absolute Gasteiger partial charge is 0.212 e. The van der Waals surface area contributed by atoms with E-state index in [0.717, 1.165) is 154 Å². The zero-order chi connectivity index (χ0) is 57.9. The van der Waals surface area contributed by atoms with Gasteiger partial charge in [-0.1, -0.05) is 146 Å². The van der Waals surface area contributed by atoms with Crippen LogP contribution >= 0.6 is 0 Å². The zero-order valence-corrected chi connectivity index (χ0v) is 46.9. The number of rotatable bonds is 6. The Balaban J connectivity index is 0.882. The average molecular weight is 1120 g/mol. The highest BCUT2D eigenvalue weighted by Crippen LogP contribution is 2.49. The number of para-hydroxylation sites is 6. The second-order valence-corrected chi connectivity index (χ2v) is 22.9. The molecule has 19 aromatic rings. The molecule has 0 spiro atoms. The van der Waals surface area contributed by atoms with Crippen molar-refractivity contribution in [3.8, 4) is 51.1 Å². The Morgan fingerprint density at radius 1 is 0.307 bits per heavy atom. The Bertz CT molecular complexity index is 5940. The van der Waals surface area contributed by atoms with Gasteiger partial charge in [-0.15, -0.1) is 0 Å². The summed E-state index contributed by atoms with van der Waals surface area (Å²) in [6.45, 7) is 9.04. The van der Waals surface area contributed by atoms with Gasteiger partial charge in [-0.3, -0.25) is 0 Å². The molecule has 8 nitrogen and oxygen atoms in total. The molecule has 0 bridgehead atoms. The summed E-state index contributed by atoms with van der Waals surface area (Å²) >= 11 is 0. The number of furan rings is 2. The van der Waals surface area contributed by atoms with E-state index in [0.29, 0.717) is 22.6 Å². The predicted octanol–water partition coefficient (Wildman–Crippen LogP) is 21.6. The first-order valence-electron chi connectivity index (χ1n) is 29.5. The molecule has 8 heteroatoms. The van der Waals surface area contributed by atoms with Crippen molar-refractivity contribution in [1.82, 2.24) is 18.3 Å². The zero-order valence-electron chi connectivity index (χ0n) is 46.9. The summed E-state index contributed by atoms with van der Waals surface area (Å²) in [4.78, 5) is 4.35. The molecule has 0 fully saturated rings. The van der Waals surface area contributed by atoms with Crippen molar-refractivity contribution in [1.29, 1.82) is 5.26 Å². The van der Waals surface area contributed by atoms with Crippen LogP contribution < -0.4 is 0 Å². The summed E-state index contributed by atoms with van der Waals surface area (Å²) in [6.07, 6.45) is 0. The summed E-state index contributed by atoms with van der Waals surface area (Å²) < 4.78 is 23.0. The first-order valence-corrected chi connectivity index (χ1v) is 29.5. The van der Waals surface area contributed by atoms with E-state index in [1.165, 1.54) is 10.8 Å². The molecular formula is C80H44N6O2. The van der Waals surface area contributed by atoms with Crippen LogP contribution in [0.2, 0.25) is 0 Å². The van der Waals surface area contributed by atoms with Gasteiger partial charge in [-0.2, -0.15) is 5.26 Å². The van der Waals surface area contributed by atoms with Crippen LogP contribution in [0.25, 0.3) is 181 Å². The highest BCUT2D eigenvalue weighted by Gasteiger charge is 2.29. The molecule has 6 heterocycles. The first kappa shape index (κ1) is 48.1. The van der Waals surface area contributed by atoms with Gasteiger partial charge in [0.05, 0.1) is 78.4 Å². The normalized spacial score (nSPS) is 12.1. The maximum Gasteiger partial charge on any atom is 0.212 e. The Morgan fingerprint density at radius 2 is 0.682 bits per heavy atom. The molecule has 6 aromatic heterocycles. The third-order valence-electron chi connectivity index (χ3n) is 18.4. The Hall–Kier alpha value is -12.4. The SMILES string of the molecule is [C-]#[N+]c1ccc(C#N)c(-n2c3ccc(-c4ccc5c(c4)c4ccccc4n5-c4ccccc4)cc3c3c4oc5ccccc5c4ccc32)c1-n1c2ccc(-c3ccc4c(c3)c3ccccc3n4-c3ccccc3)cc2c2c3oc4ccccc4c3ccc21. The van der Waals surface area contributed by atoms with E-state index >= 15 is 0 Å². The summed E-state index contributed by atoms with van der Waals surface area (Å²) in [7, 11) is 0. The number of hydrogen-bond donors (Lipinski definition) is 0. The number of nitriles is 1. The minimum absolute atomic E-state index is 0.390. The van der Waals surface area contributed by atoms with Gasteiger partial charge in [-0.05, 0) is 144 Å². The largest absolute Gasteiger partial charge is 0.455 e. The van der Waals surface area contributed by atoms with E-state index in [1.807, 2.05) is 36.4 Å². The highest BCUT2D eigenvalue weighted by molar-refractivity contribution is 6.27. The first-order chi connectivity index (χ1) is 43.6. The van der Waals surface area contributed by atoms with Crippen molar-refractivity contribution >= 4 is 137 Å². The molecule has 19 rings (SSSR count). The number of benzene rings is 13. The molecule has 0 N–H and O–H groups in total. The minimum Gasteiger partial charge on any atom is -0.455 e. The second kappa shape index (κ2) is 18.1. The van der Waals surface area contributed by atoms with E-state index in [9.17, 15) is 5.26 Å². The molecule has 0 unspecified atom stereocenters. The molecule has 0 radical (unpaired) electrons. The van der Waals surface area contributed by atoms with E-state index in [2.05, 4.69) is 248 Å². The van der Waals surface area contributed by atoms with Crippen molar-refractivity contribution in [3.63, 3.8) is 0 Å². The molecule has 13 aromatic carbocycles. The molecule has 406 valence electrons. The Morgan fingerprint density at radius 3 is 1.14 bits per heavy atom. The number of nitrogens with zero attached hydrogens (tertiary/aromatic N) is 6. The van der Waals surface area contributed by atoms with Crippen LogP contribution in [0.1, 0.15) is 5.56 Å². The summed E-state index contributed by atoms with van der Waals surface area (Å²) in [5, 5.41) is 24.0. The average Bonchev–Trinajstić information content (AvgIpc) is 1.85. The van der Waals surface area contributed by atoms with Crippen molar-refractivity contribution in [2.45, 2.75) is 0 Å². The fourth-order valence-electron chi connectivity index (χ4n) is 14.6. The topological polar surface area (TPSA) is 74.2 Å². The monoisotopic (exact) mass is 1120 g/mol. The fourth-order valence-corrected chi connectivity index (χ4v) is 14.6. The maximum absolute atomic E-state index is 11.6. The molecule has 0 amide bonds. The lowest BCUT2D eigenvalue weighted by Crippen LogP contribution is -2.06. The van der Waals surface area contributed by atoms with Gasteiger partial charge in [0.25, 0.3) is 0 Å². The van der Waals surface area contributed by atoms with Gasteiger partial charge < -0.3 is 27.1 Å². The lowest BCUT2D eigenvalue weighted by atomic mass is 10.00. The fraction of sp³-hybridized carbons (Fsp3) is 0. The summed E-state index contributed by atoms with van der Waals surface area (Å²) in [6, 6.07) is 96.4. The minimum atomic E-state index is 0.390. The molecule has 88 heavy (non-hydrogen) atoms.